The van der Waals surface area contributed by atoms with Crippen LogP contribution in [0.2, 0.25) is 0 Å². The summed E-state index contributed by atoms with van der Waals surface area (Å²) in [6.45, 7) is 0. The highest BCUT2D eigenvalue weighted by Gasteiger charge is 2.60. The van der Waals surface area contributed by atoms with Crippen LogP contribution in [0.15, 0.2) is 9.98 Å². The predicted molar refractivity (Wildman–Crippen MR) is 56.8 cm³/mol. The molecule has 2 saturated carbocycles. The normalized spacial score (nSPS) is 42.0. The lowest BCUT2D eigenvalue weighted by Crippen LogP contribution is -2.64. The van der Waals surface area contributed by atoms with Crippen LogP contribution in [0, 0.1) is 5.92 Å². The first-order valence-corrected chi connectivity index (χ1v) is 6.21. The molecule has 1 aromatic rings. The first-order chi connectivity index (χ1) is 6.22. The van der Waals surface area contributed by atoms with Crippen LogP contribution in [0.3, 0.4) is 0 Å². The Balaban J connectivity index is 1.94. The van der Waals surface area contributed by atoms with Crippen molar-refractivity contribution in [2.75, 3.05) is 0 Å². The second kappa shape index (κ2) is 2.55. The first kappa shape index (κ1) is 8.38. The average molecular weight is 259 g/mol. The van der Waals surface area contributed by atoms with Crippen molar-refractivity contribution in [1.29, 1.82) is 0 Å². The Kier molecular flexibility index (Phi) is 1.65. The summed E-state index contributed by atoms with van der Waals surface area (Å²) < 4.78 is 1.14. The third kappa shape index (κ3) is 0.941. The first-order valence-electron chi connectivity index (χ1n) is 4.60. The molecule has 2 nitrogen and oxygen atoms in total. The van der Waals surface area contributed by atoms with Gasteiger partial charge in [0.1, 0.15) is 5.01 Å². The minimum absolute atomic E-state index is 0.399. The largest absolute Gasteiger partial charge is 0.327 e. The van der Waals surface area contributed by atoms with Gasteiger partial charge in [0.15, 0.2) is 0 Å². The minimum atomic E-state index is 0.399. The summed E-state index contributed by atoms with van der Waals surface area (Å²) in [5, 5.41) is 1.30. The lowest BCUT2D eigenvalue weighted by Gasteiger charge is -2.61. The Morgan fingerprint density at radius 3 is 2.92 bits per heavy atom. The number of nitrogens with two attached hydrogens (primary N) is 1. The molecule has 3 unspecified atom stereocenters. The summed E-state index contributed by atoms with van der Waals surface area (Å²) in [7, 11) is 0. The number of hydrogen-bond acceptors (Lipinski definition) is 3. The molecule has 3 rings (SSSR count). The summed E-state index contributed by atoms with van der Waals surface area (Å²) in [4.78, 5) is 4.46. The molecule has 2 aliphatic carbocycles. The molecular formula is C9H11BrN2S. The molecule has 1 aromatic heterocycles. The van der Waals surface area contributed by atoms with Crippen LogP contribution in [0.1, 0.15) is 24.3 Å². The van der Waals surface area contributed by atoms with E-state index in [4.69, 9.17) is 5.73 Å². The minimum Gasteiger partial charge on any atom is -0.327 e. The number of rotatable bonds is 1. The van der Waals surface area contributed by atoms with E-state index < -0.39 is 0 Å². The lowest BCUT2D eigenvalue weighted by molar-refractivity contribution is -0.0193. The molecule has 4 heteroatoms. The van der Waals surface area contributed by atoms with E-state index in [1.165, 1.54) is 17.8 Å². The summed E-state index contributed by atoms with van der Waals surface area (Å²) in [6.07, 6.45) is 5.66. The number of thiazole rings is 1. The highest BCUT2D eigenvalue weighted by Crippen LogP contribution is 2.61. The Hall–Kier alpha value is 0.0700. The van der Waals surface area contributed by atoms with Crippen LogP contribution in [-0.2, 0) is 5.41 Å². The number of nitrogens with zero attached hydrogens (tertiary/aromatic N) is 1. The molecule has 0 aliphatic heterocycles. The second-order valence-corrected chi connectivity index (χ2v) is 6.55. The van der Waals surface area contributed by atoms with Crippen LogP contribution in [0.5, 0.6) is 0 Å². The van der Waals surface area contributed by atoms with Crippen molar-refractivity contribution in [1.82, 2.24) is 4.98 Å². The molecule has 13 heavy (non-hydrogen) atoms. The van der Waals surface area contributed by atoms with Crippen LogP contribution < -0.4 is 5.73 Å². The Labute approximate surface area is 89.7 Å². The van der Waals surface area contributed by atoms with Crippen molar-refractivity contribution in [2.45, 2.75) is 30.7 Å². The number of fused-ring (bicyclic) bond motifs is 1. The Bertz CT molecular complexity index is 351. The zero-order valence-corrected chi connectivity index (χ0v) is 9.57. The fourth-order valence-electron chi connectivity index (χ4n) is 2.78. The van der Waals surface area contributed by atoms with Gasteiger partial charge >= 0.3 is 0 Å². The molecule has 2 N–H and O–H groups in total. The Morgan fingerprint density at radius 1 is 1.69 bits per heavy atom. The van der Waals surface area contributed by atoms with Crippen molar-refractivity contribution in [3.8, 4) is 0 Å². The highest BCUT2D eigenvalue weighted by molar-refractivity contribution is 9.11. The van der Waals surface area contributed by atoms with Gasteiger partial charge in [0, 0.05) is 11.5 Å². The molecule has 0 spiro atoms. The molecule has 3 atom stereocenters. The number of hydrogen-bond donors (Lipinski definition) is 1. The van der Waals surface area contributed by atoms with Gasteiger partial charge in [-0.3, -0.25) is 0 Å². The van der Waals surface area contributed by atoms with Gasteiger partial charge in [-0.25, -0.2) is 4.98 Å². The third-order valence-electron chi connectivity index (χ3n) is 3.63. The van der Waals surface area contributed by atoms with Crippen LogP contribution in [-0.4, -0.2) is 11.0 Å². The monoisotopic (exact) mass is 258 g/mol. The van der Waals surface area contributed by atoms with E-state index in [-0.39, 0.29) is 0 Å². The molecule has 1 heterocycles. The predicted octanol–water partition coefficient (Wildman–Crippen LogP) is 2.28. The van der Waals surface area contributed by atoms with E-state index in [2.05, 4.69) is 20.9 Å². The molecule has 70 valence electrons. The maximum absolute atomic E-state index is 5.96. The molecule has 0 saturated heterocycles. The van der Waals surface area contributed by atoms with E-state index in [0.29, 0.717) is 11.5 Å². The van der Waals surface area contributed by atoms with Crippen molar-refractivity contribution in [3.05, 3.63) is 15.0 Å². The van der Waals surface area contributed by atoms with Crippen molar-refractivity contribution in [3.63, 3.8) is 0 Å². The molecular weight excluding hydrogens is 248 g/mol. The van der Waals surface area contributed by atoms with Gasteiger partial charge in [-0.15, -0.1) is 11.3 Å². The fourth-order valence-corrected chi connectivity index (χ4v) is 4.27. The maximum atomic E-state index is 5.96. The van der Waals surface area contributed by atoms with Gasteiger partial charge in [0.2, 0.25) is 0 Å². The molecule has 2 aliphatic rings. The molecule has 0 bridgehead atoms. The van der Waals surface area contributed by atoms with E-state index >= 15 is 0 Å². The standard InChI is InChI=1S/C9H11BrN2S/c10-7-4-12-8(13-7)9-2-1-5(9)6(11)3-9/h4-6H,1-3,11H2. The zero-order chi connectivity index (χ0) is 9.05. The number of halogens is 1. The van der Waals surface area contributed by atoms with Gasteiger partial charge in [0.05, 0.1) is 9.98 Å². The second-order valence-electron chi connectivity index (χ2n) is 4.14. The summed E-state index contributed by atoms with van der Waals surface area (Å²) in [5.41, 5.74) is 6.36. The van der Waals surface area contributed by atoms with Crippen molar-refractivity contribution < 1.29 is 0 Å². The highest BCUT2D eigenvalue weighted by atomic mass is 79.9. The summed E-state index contributed by atoms with van der Waals surface area (Å²) in [5.74, 6) is 0.727. The fraction of sp³-hybridized carbons (Fsp3) is 0.667. The topological polar surface area (TPSA) is 38.9 Å². The summed E-state index contributed by atoms with van der Waals surface area (Å²) >= 11 is 5.24. The Morgan fingerprint density at radius 2 is 2.54 bits per heavy atom. The SMILES string of the molecule is NC1CC2(c3ncc(Br)s3)CCC12. The molecule has 0 amide bonds. The van der Waals surface area contributed by atoms with Gasteiger partial charge in [-0.2, -0.15) is 0 Å². The maximum Gasteiger partial charge on any atom is 0.100 e. The van der Waals surface area contributed by atoms with Gasteiger partial charge in [-0.05, 0) is 41.1 Å². The number of aromatic nitrogens is 1. The molecule has 2 fully saturated rings. The smallest absolute Gasteiger partial charge is 0.100 e. The van der Waals surface area contributed by atoms with Gasteiger partial charge in [0.25, 0.3) is 0 Å². The van der Waals surface area contributed by atoms with E-state index in [1.807, 2.05) is 6.20 Å². The van der Waals surface area contributed by atoms with E-state index in [9.17, 15) is 0 Å². The van der Waals surface area contributed by atoms with Gasteiger partial charge < -0.3 is 5.73 Å². The summed E-state index contributed by atoms with van der Waals surface area (Å²) in [6, 6.07) is 0.441. The van der Waals surface area contributed by atoms with Crippen molar-refractivity contribution in [2.24, 2.45) is 11.7 Å². The quantitative estimate of drug-likeness (QED) is 0.840. The van der Waals surface area contributed by atoms with Crippen LogP contribution in [0.4, 0.5) is 0 Å². The van der Waals surface area contributed by atoms with E-state index in [1.54, 1.807) is 11.3 Å². The average Bonchev–Trinajstić information content (AvgIpc) is 2.46. The van der Waals surface area contributed by atoms with Crippen LogP contribution >= 0.6 is 27.3 Å². The molecule has 0 aromatic carbocycles. The lowest BCUT2D eigenvalue weighted by atomic mass is 9.45. The van der Waals surface area contributed by atoms with Crippen molar-refractivity contribution >= 4 is 27.3 Å². The van der Waals surface area contributed by atoms with Crippen LogP contribution in [0.25, 0.3) is 0 Å². The van der Waals surface area contributed by atoms with E-state index in [0.717, 1.165) is 16.1 Å². The van der Waals surface area contributed by atoms with Gasteiger partial charge in [-0.1, -0.05) is 0 Å². The zero-order valence-electron chi connectivity index (χ0n) is 7.16. The molecule has 0 radical (unpaired) electrons. The third-order valence-corrected chi connectivity index (χ3v) is 5.33.